The summed E-state index contributed by atoms with van der Waals surface area (Å²) in [7, 11) is 0. The summed E-state index contributed by atoms with van der Waals surface area (Å²) in [6.45, 7) is 3.06. The van der Waals surface area contributed by atoms with Gasteiger partial charge in [-0.25, -0.2) is 0 Å². The molecule has 0 aliphatic carbocycles. The molecule has 2 nitrogen and oxygen atoms in total. The van der Waals surface area contributed by atoms with Gasteiger partial charge in [-0.3, -0.25) is 0 Å². The molecule has 17 heavy (non-hydrogen) atoms. The summed E-state index contributed by atoms with van der Waals surface area (Å²) >= 11 is 9.81. The zero-order chi connectivity index (χ0) is 12.0. The Kier molecular flexibility index (Phi) is 2.98. The van der Waals surface area contributed by atoms with Gasteiger partial charge < -0.3 is 10.0 Å². The minimum absolute atomic E-state index is 0.312. The fourth-order valence-electron chi connectivity index (χ4n) is 3.20. The fourth-order valence-corrected chi connectivity index (χ4v) is 4.36. The van der Waals surface area contributed by atoms with Crippen molar-refractivity contribution in [2.24, 2.45) is 5.92 Å². The Morgan fingerprint density at radius 2 is 2.24 bits per heavy atom. The third-order valence-electron chi connectivity index (χ3n) is 4.15. The Balaban J connectivity index is 2.07. The molecule has 2 heterocycles. The Labute approximate surface area is 115 Å². The van der Waals surface area contributed by atoms with Crippen molar-refractivity contribution in [3.8, 4) is 0 Å². The van der Waals surface area contributed by atoms with E-state index < -0.39 is 5.60 Å². The highest BCUT2D eigenvalue weighted by Crippen LogP contribution is 2.47. The van der Waals surface area contributed by atoms with E-state index in [9.17, 15) is 5.11 Å². The summed E-state index contributed by atoms with van der Waals surface area (Å²) in [6, 6.07) is 5.73. The molecule has 2 saturated heterocycles. The maximum absolute atomic E-state index is 11.0. The highest BCUT2D eigenvalue weighted by molar-refractivity contribution is 9.10. The number of fused-ring (bicyclic) bond motifs is 2. The molecule has 1 aromatic carbocycles. The largest absolute Gasteiger partial charge is 0.385 e. The van der Waals surface area contributed by atoms with Gasteiger partial charge in [0.15, 0.2) is 0 Å². The van der Waals surface area contributed by atoms with Crippen LogP contribution in [-0.2, 0) is 5.60 Å². The van der Waals surface area contributed by atoms with Crippen LogP contribution in [0.4, 0.5) is 0 Å². The van der Waals surface area contributed by atoms with Crippen molar-refractivity contribution in [1.29, 1.82) is 0 Å². The Hall–Kier alpha value is -0.0900. The van der Waals surface area contributed by atoms with Crippen LogP contribution in [-0.4, -0.2) is 29.6 Å². The second-order valence-corrected chi connectivity index (χ2v) is 6.32. The van der Waals surface area contributed by atoms with Gasteiger partial charge in [-0.15, -0.1) is 0 Å². The van der Waals surface area contributed by atoms with E-state index in [1.165, 1.54) is 0 Å². The van der Waals surface area contributed by atoms with Gasteiger partial charge in [0.2, 0.25) is 0 Å². The van der Waals surface area contributed by atoms with Crippen LogP contribution in [0.15, 0.2) is 22.7 Å². The van der Waals surface area contributed by atoms with Gasteiger partial charge in [-0.2, -0.15) is 0 Å². The van der Waals surface area contributed by atoms with E-state index in [1.807, 2.05) is 18.2 Å². The van der Waals surface area contributed by atoms with Crippen LogP contribution in [0.5, 0.6) is 0 Å². The molecular weight excluding hydrogens is 302 g/mol. The molecule has 0 spiro atoms. The minimum atomic E-state index is -0.760. The van der Waals surface area contributed by atoms with Crippen LogP contribution in [0.25, 0.3) is 0 Å². The first-order valence-corrected chi connectivity index (χ1v) is 7.17. The van der Waals surface area contributed by atoms with Crippen molar-refractivity contribution in [2.75, 3.05) is 19.6 Å². The van der Waals surface area contributed by atoms with Gasteiger partial charge in [0, 0.05) is 34.1 Å². The molecule has 2 aliphatic rings. The molecule has 1 aromatic rings. The number of nitrogens with zero attached hydrogens (tertiary/aromatic N) is 1. The monoisotopic (exact) mass is 315 g/mol. The average molecular weight is 317 g/mol. The van der Waals surface area contributed by atoms with E-state index in [2.05, 4.69) is 20.8 Å². The second-order valence-electron chi connectivity index (χ2n) is 5.06. The molecule has 0 aromatic heterocycles. The molecule has 92 valence electrons. The number of benzene rings is 1. The molecule has 3 unspecified atom stereocenters. The van der Waals surface area contributed by atoms with Crippen molar-refractivity contribution in [3.05, 3.63) is 33.3 Å². The van der Waals surface area contributed by atoms with E-state index >= 15 is 0 Å². The standard InChI is InChI=1S/C13H15BrClNO/c14-10-2-1-3-11(15)12(10)13(17)5-7-16-6-4-9(13)8-16/h1-3,9,17H,4-8H2. The topological polar surface area (TPSA) is 23.5 Å². The molecule has 0 radical (unpaired) electrons. The Morgan fingerprint density at radius 3 is 3.00 bits per heavy atom. The highest BCUT2D eigenvalue weighted by atomic mass is 79.9. The quantitative estimate of drug-likeness (QED) is 0.861. The van der Waals surface area contributed by atoms with Gasteiger partial charge in [0.1, 0.15) is 0 Å². The molecule has 4 heteroatoms. The molecule has 3 rings (SSSR count). The second kappa shape index (κ2) is 4.23. The van der Waals surface area contributed by atoms with Crippen molar-refractivity contribution in [2.45, 2.75) is 18.4 Å². The summed E-state index contributed by atoms with van der Waals surface area (Å²) in [5.74, 6) is 0.312. The van der Waals surface area contributed by atoms with Crippen LogP contribution >= 0.6 is 27.5 Å². The smallest absolute Gasteiger partial charge is 0.0974 e. The Bertz CT molecular complexity index is 433. The van der Waals surface area contributed by atoms with E-state index in [-0.39, 0.29) is 0 Å². The van der Waals surface area contributed by atoms with E-state index in [0.717, 1.165) is 42.5 Å². The molecule has 2 bridgehead atoms. The van der Waals surface area contributed by atoms with Gasteiger partial charge in [-0.05, 0) is 31.5 Å². The van der Waals surface area contributed by atoms with Gasteiger partial charge in [0.25, 0.3) is 0 Å². The number of piperidine rings is 1. The maximum Gasteiger partial charge on any atom is 0.0974 e. The molecule has 0 saturated carbocycles. The number of hydrogen-bond acceptors (Lipinski definition) is 2. The lowest BCUT2D eigenvalue weighted by molar-refractivity contribution is -0.0507. The highest BCUT2D eigenvalue weighted by Gasteiger charge is 2.47. The number of hydrogen-bond donors (Lipinski definition) is 1. The number of halogens is 2. The van der Waals surface area contributed by atoms with E-state index in [1.54, 1.807) is 0 Å². The molecule has 0 amide bonds. The summed E-state index contributed by atoms with van der Waals surface area (Å²) in [6.07, 6.45) is 1.84. The lowest BCUT2D eigenvalue weighted by Gasteiger charge is -2.40. The SMILES string of the molecule is OC1(c2c(Cl)cccc2Br)CCN2CCC1C2. The first-order valence-electron chi connectivity index (χ1n) is 6.00. The van der Waals surface area contributed by atoms with Crippen LogP contribution in [0, 0.1) is 5.92 Å². The lowest BCUT2D eigenvalue weighted by Crippen LogP contribution is -2.44. The van der Waals surface area contributed by atoms with Crippen LogP contribution in [0.2, 0.25) is 5.02 Å². The van der Waals surface area contributed by atoms with E-state index in [0.29, 0.717) is 10.9 Å². The summed E-state index contributed by atoms with van der Waals surface area (Å²) in [5, 5.41) is 11.7. The fraction of sp³-hybridized carbons (Fsp3) is 0.538. The average Bonchev–Trinajstić information content (AvgIpc) is 2.69. The number of aliphatic hydroxyl groups is 1. The van der Waals surface area contributed by atoms with Gasteiger partial charge >= 0.3 is 0 Å². The van der Waals surface area contributed by atoms with Crippen LogP contribution < -0.4 is 0 Å². The molecule has 1 N–H and O–H groups in total. The summed E-state index contributed by atoms with van der Waals surface area (Å²) < 4.78 is 0.924. The van der Waals surface area contributed by atoms with Crippen LogP contribution in [0.3, 0.4) is 0 Å². The van der Waals surface area contributed by atoms with Crippen molar-refractivity contribution >= 4 is 27.5 Å². The zero-order valence-electron chi connectivity index (χ0n) is 9.50. The third-order valence-corrected chi connectivity index (χ3v) is 5.13. The molecule has 3 atom stereocenters. The predicted molar refractivity (Wildman–Crippen MR) is 72.2 cm³/mol. The third kappa shape index (κ3) is 1.84. The maximum atomic E-state index is 11.0. The molecular formula is C13H15BrClNO. The first-order chi connectivity index (χ1) is 8.11. The first kappa shape index (κ1) is 12.0. The normalized spacial score (nSPS) is 36.2. The minimum Gasteiger partial charge on any atom is -0.385 e. The van der Waals surface area contributed by atoms with Gasteiger partial charge in [-0.1, -0.05) is 33.6 Å². The lowest BCUT2D eigenvalue weighted by atomic mass is 9.77. The van der Waals surface area contributed by atoms with Crippen LogP contribution in [0.1, 0.15) is 18.4 Å². The van der Waals surface area contributed by atoms with E-state index in [4.69, 9.17) is 11.6 Å². The number of rotatable bonds is 1. The predicted octanol–water partition coefficient (Wildman–Crippen LogP) is 3.02. The van der Waals surface area contributed by atoms with Gasteiger partial charge in [0.05, 0.1) is 5.60 Å². The summed E-state index contributed by atoms with van der Waals surface area (Å²) in [5.41, 5.74) is 0.123. The van der Waals surface area contributed by atoms with Crippen molar-refractivity contribution in [1.82, 2.24) is 4.90 Å². The van der Waals surface area contributed by atoms with Crippen molar-refractivity contribution < 1.29 is 5.11 Å². The summed E-state index contributed by atoms with van der Waals surface area (Å²) in [4.78, 5) is 2.42. The Morgan fingerprint density at radius 1 is 1.41 bits per heavy atom. The van der Waals surface area contributed by atoms with Crippen molar-refractivity contribution in [3.63, 3.8) is 0 Å². The molecule has 2 fully saturated rings. The zero-order valence-corrected chi connectivity index (χ0v) is 11.8. The molecule has 2 aliphatic heterocycles.